The first kappa shape index (κ1) is 22.3. The van der Waals surface area contributed by atoms with E-state index < -0.39 is 0 Å². The van der Waals surface area contributed by atoms with Gasteiger partial charge in [-0.3, -0.25) is 0 Å². The summed E-state index contributed by atoms with van der Waals surface area (Å²) in [6.07, 6.45) is 6.98. The molecule has 2 heteroatoms. The highest BCUT2D eigenvalue weighted by Crippen LogP contribution is 2.33. The van der Waals surface area contributed by atoms with E-state index >= 15 is 0 Å². The molecule has 0 saturated carbocycles. The molecule has 0 aliphatic heterocycles. The lowest BCUT2D eigenvalue weighted by Gasteiger charge is -2.43. The number of anilines is 1. The molecule has 1 aromatic rings. The smallest absolute Gasteiger partial charge is 0.0468 e. The Balaban J connectivity index is 2.40. The Hall–Kier alpha value is -1.96. The standard InChI is InChI=1S/C26H40N2/c1-10-23(6)27(24-19(2)13-11-14-20(24)3)17-18-28(26(7,8)9)25-21(4)15-12-16-22(25)5/h10-11,13-15H,12,16-18H2,1-9H3/b23-10-. The minimum atomic E-state index is 0.0827. The Kier molecular flexibility index (Phi) is 7.20. The molecule has 0 N–H and O–H groups in total. The van der Waals surface area contributed by atoms with Gasteiger partial charge in [-0.1, -0.05) is 30.4 Å². The molecule has 154 valence electrons. The van der Waals surface area contributed by atoms with Crippen molar-refractivity contribution in [1.82, 2.24) is 4.90 Å². The molecule has 0 spiro atoms. The largest absolute Gasteiger partial charge is 0.365 e. The molecule has 0 atom stereocenters. The topological polar surface area (TPSA) is 6.48 Å². The zero-order chi connectivity index (χ0) is 21.1. The van der Waals surface area contributed by atoms with Crippen LogP contribution in [-0.4, -0.2) is 23.5 Å². The molecule has 1 aliphatic carbocycles. The summed E-state index contributed by atoms with van der Waals surface area (Å²) in [7, 11) is 0. The van der Waals surface area contributed by atoms with Gasteiger partial charge in [0, 0.05) is 35.7 Å². The van der Waals surface area contributed by atoms with Crippen LogP contribution in [0.2, 0.25) is 0 Å². The lowest BCUT2D eigenvalue weighted by Crippen LogP contribution is -2.45. The molecule has 0 radical (unpaired) electrons. The van der Waals surface area contributed by atoms with Crippen molar-refractivity contribution in [3.8, 4) is 0 Å². The molecule has 0 aromatic heterocycles. The number of aryl methyl sites for hydroxylation is 2. The number of nitrogens with zero attached hydrogens (tertiary/aromatic N) is 2. The minimum Gasteiger partial charge on any atom is -0.365 e. The van der Waals surface area contributed by atoms with Gasteiger partial charge in [0.2, 0.25) is 0 Å². The van der Waals surface area contributed by atoms with Crippen LogP contribution in [0.3, 0.4) is 0 Å². The molecule has 0 amide bonds. The summed E-state index contributed by atoms with van der Waals surface area (Å²) < 4.78 is 0. The van der Waals surface area contributed by atoms with Crippen LogP contribution in [0.5, 0.6) is 0 Å². The average Bonchev–Trinajstić information content (AvgIpc) is 2.60. The second-order valence-corrected chi connectivity index (χ2v) is 9.20. The van der Waals surface area contributed by atoms with E-state index in [1.54, 1.807) is 0 Å². The highest BCUT2D eigenvalue weighted by atomic mass is 15.2. The number of rotatable bonds is 6. The van der Waals surface area contributed by atoms with Crippen molar-refractivity contribution >= 4 is 5.69 Å². The van der Waals surface area contributed by atoms with Gasteiger partial charge in [-0.15, -0.1) is 0 Å². The van der Waals surface area contributed by atoms with Gasteiger partial charge in [-0.25, -0.2) is 0 Å². The highest BCUT2D eigenvalue weighted by Gasteiger charge is 2.28. The maximum Gasteiger partial charge on any atom is 0.0468 e. The van der Waals surface area contributed by atoms with Crippen LogP contribution in [-0.2, 0) is 0 Å². The van der Waals surface area contributed by atoms with E-state index in [4.69, 9.17) is 0 Å². The van der Waals surface area contributed by atoms with Crippen molar-refractivity contribution < 1.29 is 0 Å². The normalized spacial score (nSPS) is 15.6. The van der Waals surface area contributed by atoms with Gasteiger partial charge in [-0.2, -0.15) is 0 Å². The summed E-state index contributed by atoms with van der Waals surface area (Å²) in [6.45, 7) is 22.4. The maximum atomic E-state index is 2.62. The van der Waals surface area contributed by atoms with Crippen molar-refractivity contribution in [2.24, 2.45) is 0 Å². The lowest BCUT2D eigenvalue weighted by atomic mass is 9.93. The van der Waals surface area contributed by atoms with E-state index in [1.807, 2.05) is 0 Å². The molecular weight excluding hydrogens is 340 g/mol. The van der Waals surface area contributed by atoms with Crippen LogP contribution < -0.4 is 4.90 Å². The summed E-state index contributed by atoms with van der Waals surface area (Å²) in [5.41, 5.74) is 9.84. The third kappa shape index (κ3) is 4.90. The SMILES string of the molecule is C/C=C(/C)N(CCN(C1=C(C)CCC=C1C)C(C)(C)C)c1c(C)cccc1C. The van der Waals surface area contributed by atoms with Gasteiger partial charge in [-0.05, 0) is 97.4 Å². The molecule has 1 aliphatic rings. The molecule has 0 saturated heterocycles. The van der Waals surface area contributed by atoms with Crippen LogP contribution in [0.1, 0.15) is 72.4 Å². The van der Waals surface area contributed by atoms with E-state index in [2.05, 4.69) is 102 Å². The Bertz CT molecular complexity index is 767. The van der Waals surface area contributed by atoms with Crippen LogP contribution in [0.25, 0.3) is 0 Å². The Morgan fingerprint density at radius 1 is 1.04 bits per heavy atom. The molecule has 0 unspecified atom stereocenters. The molecule has 1 aromatic carbocycles. The first-order valence-corrected chi connectivity index (χ1v) is 10.7. The fourth-order valence-electron chi connectivity index (χ4n) is 4.33. The second kappa shape index (κ2) is 9.03. The van der Waals surface area contributed by atoms with Gasteiger partial charge in [0.25, 0.3) is 0 Å². The first-order chi connectivity index (χ1) is 13.1. The monoisotopic (exact) mass is 380 g/mol. The average molecular weight is 381 g/mol. The van der Waals surface area contributed by atoms with E-state index in [0.29, 0.717) is 0 Å². The van der Waals surface area contributed by atoms with Crippen molar-refractivity contribution in [2.45, 2.75) is 80.7 Å². The van der Waals surface area contributed by atoms with Gasteiger partial charge >= 0.3 is 0 Å². The Morgan fingerprint density at radius 3 is 2.14 bits per heavy atom. The Morgan fingerprint density at radius 2 is 1.64 bits per heavy atom. The molecular formula is C26H40N2. The van der Waals surface area contributed by atoms with Crippen molar-refractivity contribution in [1.29, 1.82) is 0 Å². The zero-order valence-corrected chi connectivity index (χ0v) is 19.6. The first-order valence-electron chi connectivity index (χ1n) is 10.7. The van der Waals surface area contributed by atoms with E-state index in [9.17, 15) is 0 Å². The van der Waals surface area contributed by atoms with Crippen LogP contribution in [0, 0.1) is 13.8 Å². The number of benzene rings is 1. The predicted octanol–water partition coefficient (Wildman–Crippen LogP) is 7.15. The van der Waals surface area contributed by atoms with Crippen molar-refractivity contribution in [3.63, 3.8) is 0 Å². The summed E-state index contributed by atoms with van der Waals surface area (Å²) >= 11 is 0. The van der Waals surface area contributed by atoms with E-state index in [-0.39, 0.29) is 5.54 Å². The third-order valence-corrected chi connectivity index (χ3v) is 5.93. The lowest BCUT2D eigenvalue weighted by molar-refractivity contribution is 0.190. The third-order valence-electron chi connectivity index (χ3n) is 5.93. The number of hydrogen-bond acceptors (Lipinski definition) is 2. The van der Waals surface area contributed by atoms with Crippen LogP contribution >= 0.6 is 0 Å². The molecule has 28 heavy (non-hydrogen) atoms. The summed E-state index contributed by atoms with van der Waals surface area (Å²) in [6, 6.07) is 6.60. The van der Waals surface area contributed by atoms with Crippen molar-refractivity contribution in [3.05, 3.63) is 64.0 Å². The van der Waals surface area contributed by atoms with Crippen molar-refractivity contribution in [2.75, 3.05) is 18.0 Å². The maximum absolute atomic E-state index is 2.62. The number of allylic oxidation sites excluding steroid dienone is 5. The number of hydrogen-bond donors (Lipinski definition) is 0. The van der Waals surface area contributed by atoms with Crippen LogP contribution in [0.4, 0.5) is 5.69 Å². The van der Waals surface area contributed by atoms with Gasteiger partial charge < -0.3 is 9.80 Å². The minimum absolute atomic E-state index is 0.0827. The second-order valence-electron chi connectivity index (χ2n) is 9.20. The number of para-hydroxylation sites is 1. The fourth-order valence-corrected chi connectivity index (χ4v) is 4.33. The molecule has 2 rings (SSSR count). The molecule has 2 nitrogen and oxygen atoms in total. The molecule has 0 heterocycles. The van der Waals surface area contributed by atoms with E-state index in [1.165, 1.54) is 52.2 Å². The summed E-state index contributed by atoms with van der Waals surface area (Å²) in [4.78, 5) is 5.12. The van der Waals surface area contributed by atoms with Gasteiger partial charge in [0.15, 0.2) is 0 Å². The van der Waals surface area contributed by atoms with E-state index in [0.717, 1.165) is 13.1 Å². The fraction of sp³-hybridized carbons (Fsp3) is 0.538. The predicted molar refractivity (Wildman–Crippen MR) is 125 cm³/mol. The summed E-state index contributed by atoms with van der Waals surface area (Å²) in [5, 5.41) is 0. The van der Waals surface area contributed by atoms with Crippen LogP contribution in [0.15, 0.2) is 52.9 Å². The Labute approximate surface area is 173 Å². The van der Waals surface area contributed by atoms with Gasteiger partial charge in [0.05, 0.1) is 0 Å². The highest BCUT2D eigenvalue weighted by molar-refractivity contribution is 5.62. The quantitative estimate of drug-likeness (QED) is 0.517. The molecule has 0 fully saturated rings. The zero-order valence-electron chi connectivity index (χ0n) is 19.6. The van der Waals surface area contributed by atoms with Gasteiger partial charge in [0.1, 0.15) is 0 Å². The summed E-state index contributed by atoms with van der Waals surface area (Å²) in [5.74, 6) is 0. The molecule has 0 bridgehead atoms.